The van der Waals surface area contributed by atoms with Crippen LogP contribution in [0.2, 0.25) is 0 Å². The summed E-state index contributed by atoms with van der Waals surface area (Å²) in [6.07, 6.45) is 8.35. The highest BCUT2D eigenvalue weighted by molar-refractivity contribution is 5.17. The third-order valence-electron chi connectivity index (χ3n) is 3.02. The van der Waals surface area contributed by atoms with Crippen LogP contribution in [-0.4, -0.2) is 0 Å². The van der Waals surface area contributed by atoms with Gasteiger partial charge in [0.1, 0.15) is 0 Å². The van der Waals surface area contributed by atoms with Crippen molar-refractivity contribution < 1.29 is 0 Å². The van der Waals surface area contributed by atoms with Gasteiger partial charge in [-0.15, -0.1) is 0 Å². The lowest BCUT2D eigenvalue weighted by Crippen LogP contribution is -2.05. The van der Waals surface area contributed by atoms with Gasteiger partial charge in [-0.1, -0.05) is 38.8 Å². The molecule has 0 N–H and O–H groups in total. The van der Waals surface area contributed by atoms with Crippen molar-refractivity contribution in [2.75, 3.05) is 0 Å². The minimum Gasteiger partial charge on any atom is -0.0707 e. The van der Waals surface area contributed by atoms with E-state index < -0.39 is 0 Å². The van der Waals surface area contributed by atoms with Crippen LogP contribution in [0.1, 0.15) is 66.2 Å². The zero-order valence-electron chi connectivity index (χ0n) is 10.4. The summed E-state index contributed by atoms with van der Waals surface area (Å²) in [7, 11) is 0. The molecule has 0 aromatic heterocycles. The molecule has 0 unspecified atom stereocenters. The Labute approximate surface area is 89.8 Å². The largest absolute Gasteiger partial charge is 0.0707 e. The summed E-state index contributed by atoms with van der Waals surface area (Å²) in [4.78, 5) is 0. The normalized spacial score (nSPS) is 18.4. The van der Waals surface area contributed by atoms with Gasteiger partial charge in [0.2, 0.25) is 0 Å². The summed E-state index contributed by atoms with van der Waals surface area (Å²) in [6, 6.07) is 0. The van der Waals surface area contributed by atoms with Gasteiger partial charge in [0, 0.05) is 0 Å². The van der Waals surface area contributed by atoms with E-state index in [2.05, 4.69) is 27.7 Å². The lowest BCUT2D eigenvalue weighted by Gasteiger charge is -2.23. The predicted octanol–water partition coefficient (Wildman–Crippen LogP) is 4.95. The number of rotatable bonds is 4. The van der Waals surface area contributed by atoms with Gasteiger partial charge in [0.15, 0.2) is 0 Å². The van der Waals surface area contributed by atoms with Crippen molar-refractivity contribution in [1.82, 2.24) is 0 Å². The Morgan fingerprint density at radius 3 is 1.43 bits per heavy atom. The number of allylic oxidation sites excluding steroid dienone is 2. The van der Waals surface area contributed by atoms with E-state index in [-0.39, 0.29) is 0 Å². The van der Waals surface area contributed by atoms with E-state index in [9.17, 15) is 0 Å². The molecule has 0 radical (unpaired) electrons. The molecule has 0 heterocycles. The molecule has 0 atom stereocenters. The van der Waals surface area contributed by atoms with Crippen LogP contribution >= 0.6 is 0 Å². The van der Waals surface area contributed by atoms with Crippen molar-refractivity contribution in [1.29, 1.82) is 0 Å². The lowest BCUT2D eigenvalue weighted by atomic mass is 9.83. The van der Waals surface area contributed by atoms with E-state index in [4.69, 9.17) is 0 Å². The second-order valence-corrected chi connectivity index (χ2v) is 5.61. The Balaban J connectivity index is 2.64. The van der Waals surface area contributed by atoms with E-state index in [1.807, 2.05) is 0 Å². The SMILES string of the molecule is CC(C)CC1=C(CC(C)C)CCCC1. The smallest absolute Gasteiger partial charge is 0.0294 e. The van der Waals surface area contributed by atoms with Gasteiger partial charge in [0.05, 0.1) is 0 Å². The average molecular weight is 194 g/mol. The molecule has 0 fully saturated rings. The summed E-state index contributed by atoms with van der Waals surface area (Å²) in [5.74, 6) is 1.68. The van der Waals surface area contributed by atoms with Gasteiger partial charge in [-0.05, 0) is 50.4 Å². The molecule has 0 aromatic rings. The zero-order chi connectivity index (χ0) is 10.6. The van der Waals surface area contributed by atoms with Crippen molar-refractivity contribution in [3.8, 4) is 0 Å². The standard InChI is InChI=1S/C14H26/c1-11(2)9-13-7-5-6-8-14(13)10-12(3)4/h11-12H,5-10H2,1-4H3. The molecule has 0 heteroatoms. The maximum Gasteiger partial charge on any atom is -0.0294 e. The first-order chi connectivity index (χ1) is 6.59. The molecule has 1 aliphatic rings. The van der Waals surface area contributed by atoms with Crippen LogP contribution in [0, 0.1) is 11.8 Å². The fourth-order valence-corrected chi connectivity index (χ4v) is 2.51. The molecular formula is C14H26. The maximum atomic E-state index is 2.34. The van der Waals surface area contributed by atoms with Crippen LogP contribution < -0.4 is 0 Å². The molecule has 0 aliphatic heterocycles. The first-order valence-corrected chi connectivity index (χ1v) is 6.29. The topological polar surface area (TPSA) is 0 Å². The van der Waals surface area contributed by atoms with E-state index in [0.29, 0.717) is 0 Å². The maximum absolute atomic E-state index is 2.34. The minimum absolute atomic E-state index is 0.838. The molecule has 14 heavy (non-hydrogen) atoms. The third-order valence-corrected chi connectivity index (χ3v) is 3.02. The van der Waals surface area contributed by atoms with Gasteiger partial charge < -0.3 is 0 Å². The first kappa shape index (κ1) is 11.8. The van der Waals surface area contributed by atoms with E-state index in [0.717, 1.165) is 11.8 Å². The molecule has 0 saturated carbocycles. The lowest BCUT2D eigenvalue weighted by molar-refractivity contribution is 0.536. The molecule has 0 amide bonds. The molecule has 1 rings (SSSR count). The van der Waals surface area contributed by atoms with E-state index >= 15 is 0 Å². The monoisotopic (exact) mass is 194 g/mol. The molecule has 82 valence electrons. The van der Waals surface area contributed by atoms with Crippen LogP contribution in [0.5, 0.6) is 0 Å². The van der Waals surface area contributed by atoms with Gasteiger partial charge in [0.25, 0.3) is 0 Å². The Bertz CT molecular complexity index is 174. The fraction of sp³-hybridized carbons (Fsp3) is 0.857. The Kier molecular flexibility index (Phi) is 4.71. The zero-order valence-corrected chi connectivity index (χ0v) is 10.4. The van der Waals surface area contributed by atoms with E-state index in [1.54, 1.807) is 11.1 Å². The van der Waals surface area contributed by atoms with Crippen LogP contribution in [0.4, 0.5) is 0 Å². The van der Waals surface area contributed by atoms with Crippen LogP contribution in [0.15, 0.2) is 11.1 Å². The highest BCUT2D eigenvalue weighted by Crippen LogP contribution is 2.32. The summed E-state index contributed by atoms with van der Waals surface area (Å²) in [5.41, 5.74) is 3.61. The number of hydrogen-bond donors (Lipinski definition) is 0. The second-order valence-electron chi connectivity index (χ2n) is 5.61. The molecular weight excluding hydrogens is 168 g/mol. The van der Waals surface area contributed by atoms with Crippen molar-refractivity contribution in [3.63, 3.8) is 0 Å². The predicted molar refractivity (Wildman–Crippen MR) is 64.4 cm³/mol. The molecule has 0 nitrogen and oxygen atoms in total. The van der Waals surface area contributed by atoms with Crippen molar-refractivity contribution in [2.45, 2.75) is 66.2 Å². The van der Waals surface area contributed by atoms with Crippen molar-refractivity contribution in [2.24, 2.45) is 11.8 Å². The van der Waals surface area contributed by atoms with Gasteiger partial charge in [-0.25, -0.2) is 0 Å². The van der Waals surface area contributed by atoms with Gasteiger partial charge >= 0.3 is 0 Å². The van der Waals surface area contributed by atoms with Gasteiger partial charge in [-0.3, -0.25) is 0 Å². The van der Waals surface area contributed by atoms with Crippen LogP contribution in [0.3, 0.4) is 0 Å². The van der Waals surface area contributed by atoms with Crippen LogP contribution in [-0.2, 0) is 0 Å². The summed E-state index contributed by atoms with van der Waals surface area (Å²) in [5, 5.41) is 0. The quantitative estimate of drug-likeness (QED) is 0.555. The first-order valence-electron chi connectivity index (χ1n) is 6.29. The molecule has 0 saturated heterocycles. The average Bonchev–Trinajstić information content (AvgIpc) is 2.06. The summed E-state index contributed by atoms with van der Waals surface area (Å²) >= 11 is 0. The van der Waals surface area contributed by atoms with Crippen LogP contribution in [0.25, 0.3) is 0 Å². The number of hydrogen-bond acceptors (Lipinski definition) is 0. The Morgan fingerprint density at radius 1 is 0.786 bits per heavy atom. The third kappa shape index (κ3) is 3.86. The van der Waals surface area contributed by atoms with E-state index in [1.165, 1.54) is 38.5 Å². The second kappa shape index (κ2) is 5.58. The molecule has 1 aliphatic carbocycles. The molecule has 0 aromatic carbocycles. The highest BCUT2D eigenvalue weighted by atomic mass is 14.2. The van der Waals surface area contributed by atoms with Crippen molar-refractivity contribution in [3.05, 3.63) is 11.1 Å². The summed E-state index contributed by atoms with van der Waals surface area (Å²) in [6.45, 7) is 9.37. The summed E-state index contributed by atoms with van der Waals surface area (Å²) < 4.78 is 0. The molecule has 0 spiro atoms. The highest BCUT2D eigenvalue weighted by Gasteiger charge is 2.14. The van der Waals surface area contributed by atoms with Crippen molar-refractivity contribution >= 4 is 0 Å². The fourth-order valence-electron chi connectivity index (χ4n) is 2.51. The Hall–Kier alpha value is -0.260. The Morgan fingerprint density at radius 2 is 1.14 bits per heavy atom. The van der Waals surface area contributed by atoms with Gasteiger partial charge in [-0.2, -0.15) is 0 Å². The molecule has 0 bridgehead atoms. The minimum atomic E-state index is 0.838.